The highest BCUT2D eigenvalue weighted by Gasteiger charge is 2.10. The summed E-state index contributed by atoms with van der Waals surface area (Å²) in [5.74, 6) is 0. The van der Waals surface area contributed by atoms with Crippen LogP contribution in [0.15, 0.2) is 45.3 Å². The number of benzene rings is 2. The Morgan fingerprint density at radius 3 is 2.17 bits per heavy atom. The number of rotatable bonds is 0. The van der Waals surface area contributed by atoms with Crippen LogP contribution < -0.4 is 0 Å². The largest absolute Gasteiger partial charge is 0.0616 e. The Hall–Kier alpha value is -0.600. The van der Waals surface area contributed by atoms with E-state index in [1.807, 2.05) is 0 Å². The molecule has 0 nitrogen and oxygen atoms in total. The molecule has 0 spiro atoms. The molecule has 0 aliphatic heterocycles. The van der Waals surface area contributed by atoms with Gasteiger partial charge >= 0.3 is 0 Å². The number of hydrogen-bond donors (Lipinski definition) is 0. The maximum absolute atomic E-state index is 3.77. The van der Waals surface area contributed by atoms with Crippen LogP contribution in [0.4, 0.5) is 0 Å². The fraction of sp³-hybridized carbons (Fsp3) is 0.250. The van der Waals surface area contributed by atoms with Gasteiger partial charge in [0.1, 0.15) is 0 Å². The minimum atomic E-state index is 1.09. The molecule has 0 fully saturated rings. The highest BCUT2D eigenvalue weighted by Crippen LogP contribution is 2.28. The van der Waals surface area contributed by atoms with Crippen LogP contribution in [0.2, 0.25) is 0 Å². The summed E-state index contributed by atoms with van der Waals surface area (Å²) in [6, 6.07) is 13.4. The second-order valence-electron chi connectivity index (χ2n) is 4.82. The van der Waals surface area contributed by atoms with E-state index in [-0.39, 0.29) is 0 Å². The van der Waals surface area contributed by atoms with Gasteiger partial charge in [-0.3, -0.25) is 0 Å². The third-order valence-electron chi connectivity index (χ3n) is 3.62. The molecule has 0 heterocycles. The van der Waals surface area contributed by atoms with Crippen molar-refractivity contribution in [2.45, 2.75) is 25.7 Å². The van der Waals surface area contributed by atoms with Crippen LogP contribution in [0.25, 0.3) is 0 Å². The zero-order valence-corrected chi connectivity index (χ0v) is 13.2. The van der Waals surface area contributed by atoms with Crippen LogP contribution in [0.1, 0.15) is 22.3 Å². The minimum Gasteiger partial charge on any atom is -0.0616 e. The van der Waals surface area contributed by atoms with Crippen molar-refractivity contribution in [1.82, 2.24) is 0 Å². The fourth-order valence-electron chi connectivity index (χ4n) is 2.54. The molecule has 0 saturated carbocycles. The van der Waals surface area contributed by atoms with Crippen LogP contribution in [0.3, 0.4) is 0 Å². The van der Waals surface area contributed by atoms with Gasteiger partial charge in [-0.25, -0.2) is 0 Å². The van der Waals surface area contributed by atoms with Crippen molar-refractivity contribution in [3.8, 4) is 0 Å². The van der Waals surface area contributed by atoms with E-state index in [1.165, 1.54) is 31.2 Å². The van der Waals surface area contributed by atoms with Crippen LogP contribution in [0.5, 0.6) is 0 Å². The quantitative estimate of drug-likeness (QED) is 0.609. The second kappa shape index (κ2) is 5.18. The van der Waals surface area contributed by atoms with Gasteiger partial charge in [0.25, 0.3) is 0 Å². The molecular formula is C16H14Br2. The van der Waals surface area contributed by atoms with Gasteiger partial charge in [0.05, 0.1) is 0 Å². The second-order valence-corrected chi connectivity index (χ2v) is 6.46. The van der Waals surface area contributed by atoms with E-state index in [9.17, 15) is 0 Å². The van der Waals surface area contributed by atoms with E-state index in [4.69, 9.17) is 0 Å². The normalized spacial score (nSPS) is 14.3. The van der Waals surface area contributed by atoms with Crippen molar-refractivity contribution in [3.63, 3.8) is 0 Å². The topological polar surface area (TPSA) is 0 Å². The summed E-state index contributed by atoms with van der Waals surface area (Å²) >= 11 is 7.42. The van der Waals surface area contributed by atoms with Gasteiger partial charge in [-0.1, -0.05) is 62.2 Å². The lowest BCUT2D eigenvalue weighted by molar-refractivity contribution is 0.892. The third kappa shape index (κ3) is 2.41. The number of hydrogen-bond acceptors (Lipinski definition) is 0. The molecule has 3 rings (SSSR count). The zero-order chi connectivity index (χ0) is 12.5. The van der Waals surface area contributed by atoms with Gasteiger partial charge < -0.3 is 0 Å². The minimum absolute atomic E-state index is 1.09. The van der Waals surface area contributed by atoms with E-state index >= 15 is 0 Å². The molecule has 0 N–H and O–H groups in total. The first-order valence-corrected chi connectivity index (χ1v) is 7.86. The van der Waals surface area contributed by atoms with Gasteiger partial charge in [0.2, 0.25) is 0 Å². The molecule has 0 atom stereocenters. The molecule has 4 bridgehead atoms. The van der Waals surface area contributed by atoms with Crippen molar-refractivity contribution in [1.29, 1.82) is 0 Å². The molecule has 0 amide bonds. The van der Waals surface area contributed by atoms with Crippen molar-refractivity contribution in [3.05, 3.63) is 67.6 Å². The van der Waals surface area contributed by atoms with Crippen molar-refractivity contribution < 1.29 is 0 Å². The summed E-state index contributed by atoms with van der Waals surface area (Å²) in [5, 5.41) is 0. The number of fused-ring (bicyclic) bond motifs is 4. The van der Waals surface area contributed by atoms with E-state index in [0.29, 0.717) is 0 Å². The van der Waals surface area contributed by atoms with Crippen LogP contribution in [0, 0.1) is 0 Å². The molecule has 2 aromatic carbocycles. The lowest BCUT2D eigenvalue weighted by Crippen LogP contribution is -2.02. The Balaban J connectivity index is 2.04. The van der Waals surface area contributed by atoms with Crippen LogP contribution >= 0.6 is 31.9 Å². The number of aryl methyl sites for hydroxylation is 4. The van der Waals surface area contributed by atoms with Crippen molar-refractivity contribution in [2.24, 2.45) is 0 Å². The molecule has 1 aliphatic carbocycles. The standard InChI is InChI=1S/C16H14Br2/c17-15-9-5-11-4-6-12-2-1-3-13(16(12)18)7-8-14(15)10-11/h1-3,5,9-10H,4,6-8H2. The van der Waals surface area contributed by atoms with E-state index in [2.05, 4.69) is 68.3 Å². The third-order valence-corrected chi connectivity index (χ3v) is 5.41. The summed E-state index contributed by atoms with van der Waals surface area (Å²) in [7, 11) is 0. The SMILES string of the molecule is Brc1ccc2cc1CCc1cccc(c1Br)CC2. The van der Waals surface area contributed by atoms with Gasteiger partial charge in [0.15, 0.2) is 0 Å². The first kappa shape index (κ1) is 12.4. The predicted octanol–water partition coefficient (Wildman–Crippen LogP) is 5.10. The maximum Gasteiger partial charge on any atom is 0.0239 e. The highest BCUT2D eigenvalue weighted by atomic mass is 79.9. The van der Waals surface area contributed by atoms with Gasteiger partial charge in [-0.2, -0.15) is 0 Å². The Morgan fingerprint density at radius 2 is 1.39 bits per heavy atom. The average Bonchev–Trinajstić information content (AvgIpc) is 2.37. The van der Waals surface area contributed by atoms with Crippen LogP contribution in [-0.4, -0.2) is 0 Å². The molecule has 0 radical (unpaired) electrons. The monoisotopic (exact) mass is 364 g/mol. The van der Waals surface area contributed by atoms with E-state index < -0.39 is 0 Å². The summed E-state index contributed by atoms with van der Waals surface area (Å²) in [4.78, 5) is 0. The molecule has 2 heteroatoms. The van der Waals surface area contributed by atoms with E-state index in [1.54, 1.807) is 0 Å². The molecule has 0 saturated heterocycles. The Labute approximate surface area is 125 Å². The summed E-state index contributed by atoms with van der Waals surface area (Å²) in [5.41, 5.74) is 5.71. The molecule has 92 valence electrons. The molecule has 0 aromatic heterocycles. The first-order valence-electron chi connectivity index (χ1n) is 6.27. The van der Waals surface area contributed by atoms with Gasteiger partial charge in [0, 0.05) is 8.95 Å². The maximum atomic E-state index is 3.77. The summed E-state index contributed by atoms with van der Waals surface area (Å²) in [6.45, 7) is 0. The molecule has 1 aliphatic rings. The molecule has 18 heavy (non-hydrogen) atoms. The Kier molecular flexibility index (Phi) is 3.58. The molecule has 0 unspecified atom stereocenters. The highest BCUT2D eigenvalue weighted by molar-refractivity contribution is 9.10. The average molecular weight is 366 g/mol. The Morgan fingerprint density at radius 1 is 0.722 bits per heavy atom. The molecular weight excluding hydrogens is 352 g/mol. The van der Waals surface area contributed by atoms with Gasteiger partial charge in [-0.05, 0) is 54.0 Å². The summed E-state index contributed by atoms with van der Waals surface area (Å²) < 4.78 is 2.55. The van der Waals surface area contributed by atoms with Crippen LogP contribution in [-0.2, 0) is 25.7 Å². The lowest BCUT2D eigenvalue weighted by atomic mass is 9.95. The Bertz CT molecular complexity index is 586. The first-order chi connectivity index (χ1) is 8.74. The smallest absolute Gasteiger partial charge is 0.0239 e. The van der Waals surface area contributed by atoms with E-state index in [0.717, 1.165) is 25.7 Å². The predicted molar refractivity (Wildman–Crippen MR) is 83.1 cm³/mol. The zero-order valence-electron chi connectivity index (χ0n) is 10.0. The van der Waals surface area contributed by atoms with Gasteiger partial charge in [-0.15, -0.1) is 0 Å². The lowest BCUT2D eigenvalue weighted by Gasteiger charge is -2.14. The molecule has 2 aromatic rings. The van der Waals surface area contributed by atoms with Crippen molar-refractivity contribution >= 4 is 31.9 Å². The number of halogens is 2. The summed E-state index contributed by atoms with van der Waals surface area (Å²) in [6.07, 6.45) is 4.41. The fourth-order valence-corrected chi connectivity index (χ4v) is 3.65. The van der Waals surface area contributed by atoms with Crippen molar-refractivity contribution in [2.75, 3.05) is 0 Å².